The summed E-state index contributed by atoms with van der Waals surface area (Å²) in [6.45, 7) is 2.14. The highest BCUT2D eigenvalue weighted by Gasteiger charge is 2.04. The molecule has 78 valence electrons. The van der Waals surface area contributed by atoms with Crippen molar-refractivity contribution in [3.05, 3.63) is 53.7 Å². The number of aryl methyl sites for hydroxylation is 1. The first-order chi connectivity index (χ1) is 7.84. The third-order valence-electron chi connectivity index (χ3n) is 2.69. The summed E-state index contributed by atoms with van der Waals surface area (Å²) in [5.74, 6) is 0. The molecule has 1 aromatic carbocycles. The monoisotopic (exact) mass is 225 g/mol. The van der Waals surface area contributed by atoms with Crippen molar-refractivity contribution >= 4 is 22.1 Å². The van der Waals surface area contributed by atoms with Crippen LogP contribution in [0.5, 0.6) is 0 Å². The van der Waals surface area contributed by atoms with Crippen LogP contribution in [0.4, 0.5) is 0 Å². The zero-order chi connectivity index (χ0) is 11.0. The average molecular weight is 225 g/mol. The molecule has 1 nitrogen and oxygen atoms in total. The topological polar surface area (TPSA) is 12.9 Å². The highest BCUT2D eigenvalue weighted by atomic mass is 32.1. The van der Waals surface area contributed by atoms with E-state index in [1.54, 1.807) is 0 Å². The number of pyridine rings is 1. The lowest BCUT2D eigenvalue weighted by molar-refractivity contribution is 1.36. The summed E-state index contributed by atoms with van der Waals surface area (Å²) in [5, 5.41) is 2.48. The van der Waals surface area contributed by atoms with Gasteiger partial charge in [-0.05, 0) is 36.1 Å². The van der Waals surface area contributed by atoms with Crippen LogP contribution >= 0.6 is 11.3 Å². The van der Waals surface area contributed by atoms with E-state index in [0.29, 0.717) is 0 Å². The molecule has 2 aromatic heterocycles. The Hall–Kier alpha value is -1.67. The van der Waals surface area contributed by atoms with Crippen molar-refractivity contribution in [1.82, 2.24) is 4.98 Å². The first kappa shape index (κ1) is 9.55. The number of aromatic nitrogens is 1. The Bertz CT molecular complexity index is 635. The molecule has 0 unspecified atom stereocenters. The molecule has 0 radical (unpaired) electrons. The molecule has 2 heterocycles. The van der Waals surface area contributed by atoms with E-state index in [2.05, 4.69) is 48.3 Å². The maximum absolute atomic E-state index is 4.16. The third-order valence-corrected chi connectivity index (χ3v) is 3.72. The minimum Gasteiger partial charge on any atom is -0.264 e. The minimum atomic E-state index is 1.20. The fourth-order valence-electron chi connectivity index (χ4n) is 1.92. The molecule has 0 N–H and O–H groups in total. The molecule has 0 atom stereocenters. The fraction of sp³-hybridized carbons (Fsp3) is 0.0714. The van der Waals surface area contributed by atoms with Gasteiger partial charge in [-0.2, -0.15) is 0 Å². The molecular weight excluding hydrogens is 214 g/mol. The second-order valence-electron chi connectivity index (χ2n) is 3.81. The van der Waals surface area contributed by atoms with Gasteiger partial charge in [-0.15, -0.1) is 11.3 Å². The van der Waals surface area contributed by atoms with Gasteiger partial charge in [0, 0.05) is 27.5 Å². The fourth-order valence-corrected chi connectivity index (χ4v) is 2.82. The van der Waals surface area contributed by atoms with Crippen molar-refractivity contribution in [2.75, 3.05) is 0 Å². The predicted molar refractivity (Wildman–Crippen MR) is 69.8 cm³/mol. The van der Waals surface area contributed by atoms with Crippen LogP contribution in [-0.4, -0.2) is 4.98 Å². The first-order valence-electron chi connectivity index (χ1n) is 5.24. The Morgan fingerprint density at radius 1 is 1.06 bits per heavy atom. The lowest BCUT2D eigenvalue weighted by Gasteiger charge is -2.03. The Labute approximate surface area is 98.4 Å². The van der Waals surface area contributed by atoms with Gasteiger partial charge in [0.1, 0.15) is 0 Å². The molecular formula is C14H11NS. The third kappa shape index (κ3) is 1.51. The van der Waals surface area contributed by atoms with Crippen LogP contribution in [0, 0.1) is 6.92 Å². The lowest BCUT2D eigenvalue weighted by Crippen LogP contribution is -1.79. The van der Waals surface area contributed by atoms with Crippen LogP contribution < -0.4 is 0 Å². The number of fused-ring (bicyclic) bond motifs is 1. The molecule has 0 aliphatic carbocycles. The maximum atomic E-state index is 4.16. The van der Waals surface area contributed by atoms with Gasteiger partial charge in [0.25, 0.3) is 0 Å². The van der Waals surface area contributed by atoms with E-state index < -0.39 is 0 Å². The van der Waals surface area contributed by atoms with E-state index in [0.717, 1.165) is 0 Å². The summed E-state index contributed by atoms with van der Waals surface area (Å²) in [4.78, 5) is 6.83. The molecule has 2 heteroatoms. The highest BCUT2D eigenvalue weighted by Crippen LogP contribution is 2.32. The van der Waals surface area contributed by atoms with Crippen molar-refractivity contribution in [2.45, 2.75) is 6.92 Å². The molecule has 0 saturated heterocycles. The van der Waals surface area contributed by atoms with Crippen LogP contribution in [0.25, 0.3) is 21.2 Å². The molecule has 0 aliphatic rings. The van der Waals surface area contributed by atoms with Crippen LogP contribution in [0.3, 0.4) is 0 Å². The van der Waals surface area contributed by atoms with E-state index in [9.17, 15) is 0 Å². The van der Waals surface area contributed by atoms with Gasteiger partial charge in [0.15, 0.2) is 0 Å². The molecule has 16 heavy (non-hydrogen) atoms. The first-order valence-corrected chi connectivity index (χ1v) is 6.06. The molecule has 3 aromatic rings. The maximum Gasteiger partial charge on any atom is 0.0351 e. The zero-order valence-corrected chi connectivity index (χ0v) is 9.79. The van der Waals surface area contributed by atoms with Crippen LogP contribution in [0.1, 0.15) is 4.88 Å². The summed E-state index contributed by atoms with van der Waals surface area (Å²) < 4.78 is 0. The number of benzene rings is 1. The van der Waals surface area contributed by atoms with Crippen LogP contribution in [0.2, 0.25) is 0 Å². The van der Waals surface area contributed by atoms with Gasteiger partial charge < -0.3 is 0 Å². The summed E-state index contributed by atoms with van der Waals surface area (Å²) >= 11 is 1.84. The minimum absolute atomic E-state index is 1.20. The van der Waals surface area contributed by atoms with Crippen LogP contribution in [0.15, 0.2) is 48.8 Å². The SMILES string of the molecule is Cc1ccc(-c2cccc3cnccc23)s1. The summed E-state index contributed by atoms with van der Waals surface area (Å²) in [7, 11) is 0. The van der Waals surface area contributed by atoms with Gasteiger partial charge in [-0.3, -0.25) is 4.98 Å². The largest absolute Gasteiger partial charge is 0.264 e. The molecule has 0 fully saturated rings. The lowest BCUT2D eigenvalue weighted by atomic mass is 10.1. The Morgan fingerprint density at radius 2 is 2.00 bits per heavy atom. The standard InChI is InChI=1S/C14H11NS/c1-10-5-6-14(16-10)13-4-2-3-11-9-15-8-7-12(11)13/h2-9H,1H3. The number of nitrogens with zero attached hydrogens (tertiary/aromatic N) is 1. The molecule has 3 rings (SSSR count). The summed E-state index contributed by atoms with van der Waals surface area (Å²) in [6.07, 6.45) is 3.77. The van der Waals surface area contributed by atoms with Crippen LogP contribution in [-0.2, 0) is 0 Å². The number of rotatable bonds is 1. The quantitative estimate of drug-likeness (QED) is 0.602. The summed E-state index contributed by atoms with van der Waals surface area (Å²) in [6, 6.07) is 12.8. The summed E-state index contributed by atoms with van der Waals surface area (Å²) in [5.41, 5.74) is 1.30. The highest BCUT2D eigenvalue weighted by molar-refractivity contribution is 7.15. The van der Waals surface area contributed by atoms with E-state index in [1.807, 2.05) is 23.7 Å². The molecule has 0 aliphatic heterocycles. The zero-order valence-electron chi connectivity index (χ0n) is 8.97. The average Bonchev–Trinajstić information content (AvgIpc) is 2.75. The molecule has 0 bridgehead atoms. The van der Waals surface area contributed by atoms with Gasteiger partial charge in [-0.25, -0.2) is 0 Å². The number of thiophene rings is 1. The van der Waals surface area contributed by atoms with Crippen molar-refractivity contribution in [1.29, 1.82) is 0 Å². The van der Waals surface area contributed by atoms with E-state index in [1.165, 1.54) is 26.1 Å². The second kappa shape index (κ2) is 3.72. The molecule has 0 saturated carbocycles. The van der Waals surface area contributed by atoms with Gasteiger partial charge in [0.05, 0.1) is 0 Å². The predicted octanol–water partition coefficient (Wildman–Crippen LogP) is 4.27. The van der Waals surface area contributed by atoms with Crippen molar-refractivity contribution < 1.29 is 0 Å². The normalized spacial score (nSPS) is 10.8. The van der Waals surface area contributed by atoms with Gasteiger partial charge >= 0.3 is 0 Å². The molecule has 0 amide bonds. The second-order valence-corrected chi connectivity index (χ2v) is 5.10. The van der Waals surface area contributed by atoms with Crippen molar-refractivity contribution in [2.24, 2.45) is 0 Å². The number of hydrogen-bond acceptors (Lipinski definition) is 2. The van der Waals surface area contributed by atoms with E-state index >= 15 is 0 Å². The number of hydrogen-bond donors (Lipinski definition) is 0. The molecule has 0 spiro atoms. The van der Waals surface area contributed by atoms with Crippen molar-refractivity contribution in [3.8, 4) is 10.4 Å². The van der Waals surface area contributed by atoms with Gasteiger partial charge in [0.2, 0.25) is 0 Å². The van der Waals surface area contributed by atoms with E-state index in [-0.39, 0.29) is 0 Å². The Morgan fingerprint density at radius 3 is 2.81 bits per heavy atom. The van der Waals surface area contributed by atoms with E-state index in [4.69, 9.17) is 0 Å². The Balaban J connectivity index is 2.31. The van der Waals surface area contributed by atoms with Crippen molar-refractivity contribution in [3.63, 3.8) is 0 Å². The van der Waals surface area contributed by atoms with Gasteiger partial charge in [-0.1, -0.05) is 18.2 Å². The smallest absolute Gasteiger partial charge is 0.0351 e. The Kier molecular flexibility index (Phi) is 2.22.